The van der Waals surface area contributed by atoms with Crippen LogP contribution in [0.15, 0.2) is 12.2 Å². The largest absolute Gasteiger partial charge is 0.394 e. The Hall–Kier alpha value is -1.11. The highest BCUT2D eigenvalue weighted by Crippen LogP contribution is 2.76. The molecule has 0 aliphatic heterocycles. The molecule has 10 atom stereocenters. The number of hydrogen-bond acceptors (Lipinski definition) is 4. The molecule has 5 aliphatic carbocycles. The lowest BCUT2D eigenvalue weighted by atomic mass is 9.32. The second-order valence-electron chi connectivity index (χ2n) is 15.9. The highest BCUT2D eigenvalue weighted by molar-refractivity contribution is 5.75. The number of fused-ring (bicyclic) bond motifs is 7. The van der Waals surface area contributed by atoms with Gasteiger partial charge in [0.1, 0.15) is 0 Å². The molecule has 0 spiro atoms. The second kappa shape index (κ2) is 10.6. The van der Waals surface area contributed by atoms with Gasteiger partial charge in [-0.1, -0.05) is 46.8 Å². The van der Waals surface area contributed by atoms with Gasteiger partial charge in [0, 0.05) is 12.1 Å². The van der Waals surface area contributed by atoms with E-state index in [9.17, 15) is 9.90 Å². The van der Waals surface area contributed by atoms with E-state index in [0.29, 0.717) is 49.3 Å². The van der Waals surface area contributed by atoms with Crippen LogP contribution >= 0.6 is 0 Å². The van der Waals surface area contributed by atoms with Crippen LogP contribution in [-0.4, -0.2) is 54.3 Å². The molecule has 5 rings (SSSR count). The average molecular weight is 559 g/mol. The van der Waals surface area contributed by atoms with E-state index in [-0.39, 0.29) is 45.9 Å². The first-order valence-corrected chi connectivity index (χ1v) is 16.3. The normalized spacial score (nSPS) is 47.3. The zero-order valence-electron chi connectivity index (χ0n) is 26.3. The molecule has 0 aromatic carbocycles. The Labute approximate surface area is 243 Å². The van der Waals surface area contributed by atoms with Gasteiger partial charge in [-0.15, -0.1) is 0 Å². The molecule has 4 N–H and O–H groups in total. The van der Waals surface area contributed by atoms with Crippen molar-refractivity contribution in [3.05, 3.63) is 12.2 Å². The Morgan fingerprint density at radius 2 is 1.65 bits per heavy atom. The molecule has 0 radical (unpaired) electrons. The van der Waals surface area contributed by atoms with Crippen molar-refractivity contribution in [2.24, 2.45) is 51.2 Å². The van der Waals surface area contributed by atoms with E-state index in [2.05, 4.69) is 58.8 Å². The fourth-order valence-corrected chi connectivity index (χ4v) is 12.0. The van der Waals surface area contributed by atoms with Crippen molar-refractivity contribution in [1.29, 1.82) is 0 Å². The minimum absolute atomic E-state index is 0.00125. The third kappa shape index (κ3) is 4.40. The standard InChI is InChI=1S/C34H58N2O4/c1-22(2)23-10-15-34(36-29(39)35-18-20-40-21-19-37)17-16-32(6)24(28(23)34)8-9-26-31(5)13-12-27(38)30(3,4)25(31)11-14-33(26,32)7/h23-28,37-38H,1,8-21H2,2-7H3,(H2,35,36,39)/t23-,24+,25-,26+,27-,28+,31-,32+,33+,34-/m0/s1. The topological polar surface area (TPSA) is 90.8 Å². The lowest BCUT2D eigenvalue weighted by molar-refractivity contribution is -0.243. The predicted octanol–water partition coefficient (Wildman–Crippen LogP) is 6.07. The summed E-state index contributed by atoms with van der Waals surface area (Å²) in [6.07, 6.45) is 11.2. The summed E-state index contributed by atoms with van der Waals surface area (Å²) >= 11 is 0. The minimum Gasteiger partial charge on any atom is -0.394 e. The minimum atomic E-state index is -0.189. The fourth-order valence-electron chi connectivity index (χ4n) is 12.0. The molecule has 0 saturated heterocycles. The van der Waals surface area contributed by atoms with E-state index in [1.54, 1.807) is 0 Å². The van der Waals surface area contributed by atoms with Gasteiger partial charge in [0.15, 0.2) is 0 Å². The number of allylic oxidation sites excluding steroid dienone is 1. The maximum Gasteiger partial charge on any atom is 0.315 e. The van der Waals surface area contributed by atoms with Crippen molar-refractivity contribution in [2.75, 3.05) is 26.4 Å². The Morgan fingerprint density at radius 1 is 0.900 bits per heavy atom. The molecule has 2 amide bonds. The summed E-state index contributed by atoms with van der Waals surface area (Å²) in [5.41, 5.74) is 1.85. The number of hydrogen-bond donors (Lipinski definition) is 4. The third-order valence-corrected chi connectivity index (χ3v) is 14.2. The van der Waals surface area contributed by atoms with Gasteiger partial charge in [-0.3, -0.25) is 0 Å². The van der Waals surface area contributed by atoms with Gasteiger partial charge in [0.25, 0.3) is 0 Å². The van der Waals surface area contributed by atoms with Crippen LogP contribution in [0.3, 0.4) is 0 Å². The zero-order valence-corrected chi connectivity index (χ0v) is 26.3. The van der Waals surface area contributed by atoms with Gasteiger partial charge in [0.2, 0.25) is 0 Å². The maximum absolute atomic E-state index is 13.2. The van der Waals surface area contributed by atoms with Crippen LogP contribution in [0.5, 0.6) is 0 Å². The van der Waals surface area contributed by atoms with E-state index < -0.39 is 0 Å². The molecule has 5 aliphatic rings. The van der Waals surface area contributed by atoms with Crippen molar-refractivity contribution in [2.45, 2.75) is 117 Å². The molecular formula is C34H58N2O4. The SMILES string of the molecule is C=C(C)[C@@H]1CC[C@]2(NC(=O)NCCOCCO)CC[C@]3(C)[C@H](CC[C@@H]4[C@@]5(C)CC[C@H](O)C(C)(C)[C@@H]5CC[C@]43C)[C@@H]12. The smallest absolute Gasteiger partial charge is 0.315 e. The fraction of sp³-hybridized carbons (Fsp3) is 0.912. The summed E-state index contributed by atoms with van der Waals surface area (Å²) in [4.78, 5) is 13.2. The molecule has 5 saturated carbocycles. The molecule has 5 fully saturated rings. The maximum atomic E-state index is 13.2. The number of aliphatic hydroxyl groups excluding tert-OH is 2. The Kier molecular flexibility index (Phi) is 8.01. The van der Waals surface area contributed by atoms with Crippen LogP contribution in [-0.2, 0) is 4.74 Å². The summed E-state index contributed by atoms with van der Waals surface area (Å²) in [5.74, 6) is 2.70. The monoisotopic (exact) mass is 558 g/mol. The Balaban J connectivity index is 1.42. The zero-order chi connectivity index (χ0) is 29.1. The summed E-state index contributed by atoms with van der Waals surface area (Å²) < 4.78 is 5.35. The number of aliphatic hydroxyl groups is 2. The van der Waals surface area contributed by atoms with Crippen LogP contribution in [0.2, 0.25) is 0 Å². The first-order chi connectivity index (χ1) is 18.8. The lowest BCUT2D eigenvalue weighted by Crippen LogP contribution is -2.69. The van der Waals surface area contributed by atoms with Crippen LogP contribution in [0.4, 0.5) is 4.79 Å². The van der Waals surface area contributed by atoms with Crippen molar-refractivity contribution in [1.82, 2.24) is 10.6 Å². The number of nitrogens with one attached hydrogen (secondary N) is 2. The highest BCUT2D eigenvalue weighted by atomic mass is 16.5. The van der Waals surface area contributed by atoms with Gasteiger partial charge in [0.05, 0.1) is 25.9 Å². The lowest BCUT2D eigenvalue weighted by Gasteiger charge is -2.73. The van der Waals surface area contributed by atoms with Crippen LogP contribution in [0, 0.1) is 51.2 Å². The van der Waals surface area contributed by atoms with E-state index in [4.69, 9.17) is 9.84 Å². The van der Waals surface area contributed by atoms with Crippen molar-refractivity contribution in [3.63, 3.8) is 0 Å². The van der Waals surface area contributed by atoms with Gasteiger partial charge in [-0.25, -0.2) is 4.79 Å². The molecule has 0 aromatic heterocycles. The number of rotatable bonds is 7. The number of urea groups is 1. The van der Waals surface area contributed by atoms with E-state index in [1.165, 1.54) is 31.3 Å². The van der Waals surface area contributed by atoms with E-state index in [0.717, 1.165) is 38.5 Å². The summed E-state index contributed by atoms with van der Waals surface area (Å²) in [6, 6.07) is -0.0838. The van der Waals surface area contributed by atoms with Gasteiger partial charge < -0.3 is 25.6 Å². The first kappa shape index (κ1) is 30.4. The van der Waals surface area contributed by atoms with Gasteiger partial charge >= 0.3 is 6.03 Å². The number of carbonyl (C=O) groups excluding carboxylic acids is 1. The first-order valence-electron chi connectivity index (χ1n) is 16.3. The molecule has 6 heteroatoms. The summed E-state index contributed by atoms with van der Waals surface area (Å²) in [7, 11) is 0. The molecule has 0 heterocycles. The third-order valence-electron chi connectivity index (χ3n) is 14.2. The van der Waals surface area contributed by atoms with Crippen LogP contribution in [0.1, 0.15) is 106 Å². The average Bonchev–Trinajstić information content (AvgIpc) is 3.26. The van der Waals surface area contributed by atoms with Crippen molar-refractivity contribution in [3.8, 4) is 0 Å². The van der Waals surface area contributed by atoms with Crippen LogP contribution < -0.4 is 10.6 Å². The quantitative estimate of drug-likeness (QED) is 0.226. The molecule has 0 aromatic rings. The molecule has 6 nitrogen and oxygen atoms in total. The van der Waals surface area contributed by atoms with Gasteiger partial charge in [-0.2, -0.15) is 0 Å². The van der Waals surface area contributed by atoms with Crippen LogP contribution in [0.25, 0.3) is 0 Å². The predicted molar refractivity (Wildman–Crippen MR) is 160 cm³/mol. The number of amides is 2. The molecule has 0 unspecified atom stereocenters. The van der Waals surface area contributed by atoms with E-state index >= 15 is 0 Å². The number of carbonyl (C=O) groups is 1. The number of ether oxygens (including phenoxy) is 1. The second-order valence-corrected chi connectivity index (χ2v) is 15.9. The Morgan fingerprint density at radius 3 is 2.35 bits per heavy atom. The van der Waals surface area contributed by atoms with Gasteiger partial charge in [-0.05, 0) is 122 Å². The van der Waals surface area contributed by atoms with Crippen molar-refractivity contribution < 1.29 is 19.7 Å². The molecule has 228 valence electrons. The summed E-state index contributed by atoms with van der Waals surface area (Å²) in [5, 5.41) is 26.5. The summed E-state index contributed by atoms with van der Waals surface area (Å²) in [6.45, 7) is 20.4. The molecular weight excluding hydrogens is 500 g/mol. The van der Waals surface area contributed by atoms with Crippen molar-refractivity contribution >= 4 is 6.03 Å². The Bertz CT molecular complexity index is 983. The molecule has 40 heavy (non-hydrogen) atoms. The van der Waals surface area contributed by atoms with E-state index in [1.807, 2.05) is 0 Å². The highest BCUT2D eigenvalue weighted by Gasteiger charge is 2.71. The molecule has 0 bridgehead atoms.